The van der Waals surface area contributed by atoms with Gasteiger partial charge in [0.05, 0.1) is 18.8 Å². The number of hydrogen-bond acceptors (Lipinski definition) is 7. The van der Waals surface area contributed by atoms with Crippen LogP contribution >= 0.6 is 23.5 Å². The highest BCUT2D eigenvalue weighted by Crippen LogP contribution is 2.54. The Hall–Kier alpha value is -1.18. The zero-order valence-electron chi connectivity index (χ0n) is 11.8. The summed E-state index contributed by atoms with van der Waals surface area (Å²) < 4.78 is 9.56. The van der Waals surface area contributed by atoms with Crippen LogP contribution in [0.15, 0.2) is 24.3 Å². The molecule has 1 saturated heterocycles. The molecule has 1 aliphatic heterocycles. The van der Waals surface area contributed by atoms with E-state index in [1.165, 1.54) is 37.7 Å². The molecule has 0 saturated carbocycles. The molecule has 2 unspecified atom stereocenters. The van der Waals surface area contributed by atoms with Crippen LogP contribution < -0.4 is 5.73 Å². The summed E-state index contributed by atoms with van der Waals surface area (Å²) in [7, 11) is 2.65. The van der Waals surface area contributed by atoms with Crippen molar-refractivity contribution in [2.24, 2.45) is 5.73 Å². The predicted octanol–water partition coefficient (Wildman–Crippen LogP) is 1.71. The Labute approximate surface area is 131 Å². The number of hydrogen-bond donors (Lipinski definition) is 1. The summed E-state index contributed by atoms with van der Waals surface area (Å²) >= 11 is 2.84. The number of rotatable bonds is 4. The molecule has 5 nitrogen and oxygen atoms in total. The van der Waals surface area contributed by atoms with Gasteiger partial charge in [0.15, 0.2) is 0 Å². The Morgan fingerprint density at radius 3 is 1.90 bits per heavy atom. The van der Waals surface area contributed by atoms with E-state index in [4.69, 9.17) is 15.2 Å². The zero-order valence-corrected chi connectivity index (χ0v) is 13.4. The highest BCUT2D eigenvalue weighted by atomic mass is 32.2. The Bertz CT molecular complexity index is 496. The van der Waals surface area contributed by atoms with Gasteiger partial charge in [-0.05, 0) is 11.1 Å². The second kappa shape index (κ2) is 7.20. The van der Waals surface area contributed by atoms with Gasteiger partial charge in [0.1, 0.15) is 10.5 Å². The van der Waals surface area contributed by atoms with Crippen molar-refractivity contribution < 1.29 is 19.1 Å². The van der Waals surface area contributed by atoms with Crippen LogP contribution in [0.3, 0.4) is 0 Å². The number of benzene rings is 1. The summed E-state index contributed by atoms with van der Waals surface area (Å²) in [5.41, 5.74) is 7.67. The summed E-state index contributed by atoms with van der Waals surface area (Å²) in [4.78, 5) is 23.7. The third-order valence-corrected chi connectivity index (χ3v) is 6.56. The maximum absolute atomic E-state index is 11.8. The average Bonchev–Trinajstić information content (AvgIpc) is 2.98. The second-order valence-electron chi connectivity index (χ2n) is 4.44. The molecule has 0 amide bonds. The fraction of sp³-hybridized carbons (Fsp3) is 0.429. The molecule has 2 atom stereocenters. The van der Waals surface area contributed by atoms with Crippen molar-refractivity contribution in [3.05, 3.63) is 35.4 Å². The van der Waals surface area contributed by atoms with E-state index in [1.54, 1.807) is 0 Å². The first kappa shape index (κ1) is 16.2. The monoisotopic (exact) mass is 327 g/mol. The average molecular weight is 327 g/mol. The van der Waals surface area contributed by atoms with E-state index in [0.717, 1.165) is 11.1 Å². The quantitative estimate of drug-likeness (QED) is 0.843. The van der Waals surface area contributed by atoms with Crippen LogP contribution in [0, 0.1) is 0 Å². The fourth-order valence-electron chi connectivity index (χ4n) is 2.00. The van der Waals surface area contributed by atoms with Gasteiger partial charge in [-0.25, -0.2) is 0 Å². The van der Waals surface area contributed by atoms with Crippen molar-refractivity contribution >= 4 is 35.5 Å². The molecule has 114 valence electrons. The molecule has 21 heavy (non-hydrogen) atoms. The van der Waals surface area contributed by atoms with E-state index in [2.05, 4.69) is 0 Å². The normalized spacial score (nSPS) is 24.6. The minimum Gasteiger partial charge on any atom is -0.468 e. The Kier molecular flexibility index (Phi) is 5.55. The molecule has 1 aromatic carbocycles. The molecule has 0 radical (unpaired) electrons. The van der Waals surface area contributed by atoms with Gasteiger partial charge >= 0.3 is 11.9 Å². The standard InChI is InChI=1S/C14H17NO4S2/c1-18-12(16)10-11(13(17)19-2)21-14(20-10)9-5-3-8(7-15)4-6-9/h3-6,10-11,14H,7,15H2,1-2H3. The molecule has 0 aromatic heterocycles. The first-order valence-electron chi connectivity index (χ1n) is 6.36. The van der Waals surface area contributed by atoms with Crippen LogP contribution in [0.5, 0.6) is 0 Å². The predicted molar refractivity (Wildman–Crippen MR) is 83.9 cm³/mol. The molecule has 1 heterocycles. The molecule has 7 heteroatoms. The topological polar surface area (TPSA) is 78.6 Å². The number of carbonyl (C=O) groups is 2. The lowest BCUT2D eigenvalue weighted by Gasteiger charge is -2.12. The first-order valence-corrected chi connectivity index (χ1v) is 8.24. The largest absolute Gasteiger partial charge is 0.468 e. The molecule has 2 N–H and O–H groups in total. The number of nitrogens with two attached hydrogens (primary N) is 1. The minimum absolute atomic E-state index is 0.00924. The smallest absolute Gasteiger partial charge is 0.320 e. The second-order valence-corrected chi connectivity index (χ2v) is 7.24. The molecule has 1 fully saturated rings. The van der Waals surface area contributed by atoms with Crippen LogP contribution in [0.2, 0.25) is 0 Å². The molecular weight excluding hydrogens is 310 g/mol. The number of carbonyl (C=O) groups excluding carboxylic acids is 2. The van der Waals surface area contributed by atoms with Gasteiger partial charge in [-0.2, -0.15) is 0 Å². The number of esters is 2. The van der Waals surface area contributed by atoms with Crippen LogP contribution in [-0.4, -0.2) is 36.7 Å². The van der Waals surface area contributed by atoms with Gasteiger partial charge in [0.2, 0.25) is 0 Å². The number of ether oxygens (including phenoxy) is 2. The molecule has 0 aliphatic carbocycles. The van der Waals surface area contributed by atoms with E-state index in [1.807, 2.05) is 24.3 Å². The van der Waals surface area contributed by atoms with Crippen LogP contribution in [0.4, 0.5) is 0 Å². The Morgan fingerprint density at radius 2 is 1.52 bits per heavy atom. The van der Waals surface area contributed by atoms with Crippen molar-refractivity contribution in [2.75, 3.05) is 14.2 Å². The van der Waals surface area contributed by atoms with Crippen LogP contribution in [0.1, 0.15) is 15.7 Å². The third-order valence-electron chi connectivity index (χ3n) is 3.17. The van der Waals surface area contributed by atoms with Crippen molar-refractivity contribution in [3.63, 3.8) is 0 Å². The third kappa shape index (κ3) is 3.53. The Balaban J connectivity index is 2.19. The number of methoxy groups -OCH3 is 2. The van der Waals surface area contributed by atoms with Gasteiger partial charge in [-0.15, -0.1) is 23.5 Å². The lowest BCUT2D eigenvalue weighted by atomic mass is 10.1. The fourth-order valence-corrected chi connectivity index (χ4v) is 5.44. The van der Waals surface area contributed by atoms with Gasteiger partial charge in [0.25, 0.3) is 0 Å². The first-order chi connectivity index (χ1) is 10.1. The van der Waals surface area contributed by atoms with Crippen LogP contribution in [0.25, 0.3) is 0 Å². The van der Waals surface area contributed by atoms with Crippen molar-refractivity contribution in [3.8, 4) is 0 Å². The minimum atomic E-state index is -0.549. The van der Waals surface area contributed by atoms with Gasteiger partial charge < -0.3 is 15.2 Å². The molecule has 2 rings (SSSR count). The summed E-state index contributed by atoms with van der Waals surface area (Å²) in [6.45, 7) is 0.487. The van der Waals surface area contributed by atoms with Gasteiger partial charge in [0, 0.05) is 6.54 Å². The Morgan fingerprint density at radius 1 is 1.05 bits per heavy atom. The van der Waals surface area contributed by atoms with E-state index in [9.17, 15) is 9.59 Å². The summed E-state index contributed by atoms with van der Waals surface area (Å²) in [6, 6.07) is 7.85. The molecular formula is C14H17NO4S2. The SMILES string of the molecule is COC(=O)C1SC(c2ccc(CN)cc2)SC1C(=O)OC. The highest BCUT2D eigenvalue weighted by molar-refractivity contribution is 8.21. The molecule has 1 aromatic rings. The lowest BCUT2D eigenvalue weighted by Crippen LogP contribution is -2.33. The molecule has 0 spiro atoms. The van der Waals surface area contributed by atoms with E-state index in [-0.39, 0.29) is 4.58 Å². The molecule has 0 bridgehead atoms. The number of thioether (sulfide) groups is 2. The maximum atomic E-state index is 11.8. The van der Waals surface area contributed by atoms with E-state index in [0.29, 0.717) is 6.54 Å². The summed E-state index contributed by atoms with van der Waals surface area (Å²) in [6.07, 6.45) is 0. The highest BCUT2D eigenvalue weighted by Gasteiger charge is 2.46. The van der Waals surface area contributed by atoms with Gasteiger partial charge in [-0.3, -0.25) is 9.59 Å². The van der Waals surface area contributed by atoms with E-state index < -0.39 is 22.4 Å². The maximum Gasteiger partial charge on any atom is 0.320 e. The lowest BCUT2D eigenvalue weighted by molar-refractivity contribution is -0.145. The van der Waals surface area contributed by atoms with Crippen molar-refractivity contribution in [1.82, 2.24) is 0 Å². The van der Waals surface area contributed by atoms with Crippen LogP contribution in [-0.2, 0) is 25.6 Å². The molecule has 1 aliphatic rings. The van der Waals surface area contributed by atoms with Crippen molar-refractivity contribution in [2.45, 2.75) is 21.6 Å². The zero-order chi connectivity index (χ0) is 15.4. The van der Waals surface area contributed by atoms with E-state index >= 15 is 0 Å². The summed E-state index contributed by atoms with van der Waals surface area (Å²) in [5, 5.41) is -1.10. The summed E-state index contributed by atoms with van der Waals surface area (Å²) in [5.74, 6) is -0.798. The van der Waals surface area contributed by atoms with Crippen molar-refractivity contribution in [1.29, 1.82) is 0 Å². The van der Waals surface area contributed by atoms with Gasteiger partial charge in [-0.1, -0.05) is 24.3 Å².